The monoisotopic (exact) mass is 273 g/mol. The minimum absolute atomic E-state index is 0.0338. The van der Waals surface area contributed by atoms with Crippen LogP contribution in [0.1, 0.15) is 10.4 Å². The molecule has 0 aromatic heterocycles. The lowest BCUT2D eigenvalue weighted by Crippen LogP contribution is -2.11. The number of hydrogen-bond acceptors (Lipinski definition) is 4. The zero-order valence-electron chi connectivity index (χ0n) is 10.8. The molecule has 0 bridgehead atoms. The molecule has 0 aliphatic heterocycles. The van der Waals surface area contributed by atoms with Crippen molar-refractivity contribution in [3.05, 3.63) is 54.1 Å². The van der Waals surface area contributed by atoms with E-state index in [0.29, 0.717) is 12.4 Å². The van der Waals surface area contributed by atoms with E-state index in [2.05, 4.69) is 0 Å². The zero-order valence-corrected chi connectivity index (χ0v) is 10.8. The Kier molecular flexibility index (Phi) is 4.44. The fourth-order valence-corrected chi connectivity index (χ4v) is 1.68. The molecular formula is C15H15NO4. The predicted octanol–water partition coefficient (Wildman–Crippen LogP) is 2.42. The van der Waals surface area contributed by atoms with Crippen molar-refractivity contribution in [2.75, 3.05) is 18.9 Å². The lowest BCUT2D eigenvalue weighted by Gasteiger charge is -2.11. The molecule has 0 amide bonds. The summed E-state index contributed by atoms with van der Waals surface area (Å²) in [6.07, 6.45) is 0. The maximum absolute atomic E-state index is 10.9. The van der Waals surface area contributed by atoms with Crippen molar-refractivity contribution in [2.24, 2.45) is 0 Å². The largest absolute Gasteiger partial charge is 0.490 e. The van der Waals surface area contributed by atoms with Crippen molar-refractivity contribution >= 4 is 11.7 Å². The molecule has 104 valence electrons. The molecule has 5 nitrogen and oxygen atoms in total. The Morgan fingerprint density at radius 1 is 1.00 bits per heavy atom. The number of para-hydroxylation sites is 2. The maximum Gasteiger partial charge on any atom is 0.337 e. The number of nitrogen functional groups attached to an aromatic ring is 1. The van der Waals surface area contributed by atoms with Gasteiger partial charge in [-0.25, -0.2) is 4.79 Å². The Morgan fingerprint density at radius 3 is 2.40 bits per heavy atom. The average molecular weight is 273 g/mol. The molecule has 0 saturated heterocycles. The fraction of sp³-hybridized carbons (Fsp3) is 0.133. The first-order chi connectivity index (χ1) is 9.68. The summed E-state index contributed by atoms with van der Waals surface area (Å²) in [7, 11) is 0. The molecule has 2 aromatic carbocycles. The molecule has 3 N–H and O–H groups in total. The van der Waals surface area contributed by atoms with E-state index in [1.165, 1.54) is 6.07 Å². The molecule has 0 saturated carbocycles. The number of hydrogen-bond donors (Lipinski definition) is 2. The lowest BCUT2D eigenvalue weighted by molar-refractivity contribution is 0.0697. The summed E-state index contributed by atoms with van der Waals surface area (Å²) in [5, 5.41) is 8.95. The quantitative estimate of drug-likeness (QED) is 0.624. The molecule has 20 heavy (non-hydrogen) atoms. The number of anilines is 1. The zero-order chi connectivity index (χ0) is 14.4. The fourth-order valence-electron chi connectivity index (χ4n) is 1.68. The summed E-state index contributed by atoms with van der Waals surface area (Å²) in [5.74, 6) is 0.0263. The highest BCUT2D eigenvalue weighted by Gasteiger charge is 2.11. The van der Waals surface area contributed by atoms with E-state index in [-0.39, 0.29) is 17.9 Å². The van der Waals surface area contributed by atoms with Gasteiger partial charge in [-0.05, 0) is 24.3 Å². The highest BCUT2D eigenvalue weighted by atomic mass is 16.5. The van der Waals surface area contributed by atoms with Crippen LogP contribution in [0, 0.1) is 0 Å². The average Bonchev–Trinajstić information content (AvgIpc) is 2.46. The van der Waals surface area contributed by atoms with E-state index >= 15 is 0 Å². The van der Waals surface area contributed by atoms with Gasteiger partial charge < -0.3 is 20.3 Å². The number of ether oxygens (including phenoxy) is 2. The molecule has 0 atom stereocenters. The summed E-state index contributed by atoms with van der Waals surface area (Å²) >= 11 is 0. The van der Waals surface area contributed by atoms with Gasteiger partial charge in [-0.15, -0.1) is 0 Å². The van der Waals surface area contributed by atoms with Crippen molar-refractivity contribution in [1.29, 1.82) is 0 Å². The third-order valence-electron chi connectivity index (χ3n) is 2.65. The summed E-state index contributed by atoms with van der Waals surface area (Å²) in [5.41, 5.74) is 5.89. The van der Waals surface area contributed by atoms with Gasteiger partial charge in [0.25, 0.3) is 0 Å². The normalized spacial score (nSPS) is 10.0. The van der Waals surface area contributed by atoms with Crippen LogP contribution in [-0.2, 0) is 0 Å². The van der Waals surface area contributed by atoms with E-state index in [4.69, 9.17) is 20.3 Å². The first-order valence-electron chi connectivity index (χ1n) is 6.11. The Bertz CT molecular complexity index is 584. The highest BCUT2D eigenvalue weighted by Crippen LogP contribution is 2.25. The van der Waals surface area contributed by atoms with Crippen molar-refractivity contribution in [3.63, 3.8) is 0 Å². The number of carbonyl (C=O) groups is 1. The van der Waals surface area contributed by atoms with Crippen LogP contribution < -0.4 is 15.2 Å². The minimum atomic E-state index is -1.08. The van der Waals surface area contributed by atoms with Gasteiger partial charge in [-0.3, -0.25) is 0 Å². The van der Waals surface area contributed by atoms with E-state index in [1.807, 2.05) is 30.3 Å². The van der Waals surface area contributed by atoms with Crippen LogP contribution in [0.15, 0.2) is 48.5 Å². The number of nitrogens with two attached hydrogens (primary N) is 1. The Balaban J connectivity index is 1.88. The number of carboxylic acid groups (broad SMARTS) is 1. The van der Waals surface area contributed by atoms with E-state index in [9.17, 15) is 4.79 Å². The van der Waals surface area contributed by atoms with E-state index in [1.54, 1.807) is 12.1 Å². The van der Waals surface area contributed by atoms with Crippen LogP contribution in [0.2, 0.25) is 0 Å². The third kappa shape index (κ3) is 3.41. The first kappa shape index (κ1) is 13.7. The molecular weight excluding hydrogens is 258 g/mol. The molecule has 0 spiro atoms. The Labute approximate surface area is 116 Å². The van der Waals surface area contributed by atoms with Gasteiger partial charge in [-0.1, -0.05) is 24.3 Å². The molecule has 2 aromatic rings. The van der Waals surface area contributed by atoms with Crippen molar-refractivity contribution < 1.29 is 19.4 Å². The van der Waals surface area contributed by atoms with Gasteiger partial charge in [0.2, 0.25) is 0 Å². The second-order valence-corrected chi connectivity index (χ2v) is 4.03. The van der Waals surface area contributed by atoms with Crippen molar-refractivity contribution in [3.8, 4) is 11.5 Å². The summed E-state index contributed by atoms with van der Waals surface area (Å²) < 4.78 is 10.9. The van der Waals surface area contributed by atoms with E-state index in [0.717, 1.165) is 5.75 Å². The summed E-state index contributed by atoms with van der Waals surface area (Å²) in [6, 6.07) is 14.0. The topological polar surface area (TPSA) is 81.8 Å². The van der Waals surface area contributed by atoms with Gasteiger partial charge in [0.05, 0.1) is 11.3 Å². The van der Waals surface area contributed by atoms with E-state index < -0.39 is 5.97 Å². The van der Waals surface area contributed by atoms with Crippen molar-refractivity contribution in [2.45, 2.75) is 0 Å². The van der Waals surface area contributed by atoms with Gasteiger partial charge in [0.15, 0.2) is 0 Å². The molecule has 0 heterocycles. The number of rotatable bonds is 6. The highest BCUT2D eigenvalue weighted by molar-refractivity contribution is 5.95. The Morgan fingerprint density at radius 2 is 1.70 bits per heavy atom. The second-order valence-electron chi connectivity index (χ2n) is 4.03. The second kappa shape index (κ2) is 6.47. The van der Waals surface area contributed by atoms with Crippen LogP contribution in [0.3, 0.4) is 0 Å². The maximum atomic E-state index is 10.9. The van der Waals surface area contributed by atoms with Crippen LogP contribution >= 0.6 is 0 Å². The number of benzene rings is 2. The lowest BCUT2D eigenvalue weighted by atomic mass is 10.1. The van der Waals surface area contributed by atoms with Crippen molar-refractivity contribution in [1.82, 2.24) is 0 Å². The van der Waals surface area contributed by atoms with Crippen LogP contribution in [0.4, 0.5) is 5.69 Å². The van der Waals surface area contributed by atoms with Gasteiger partial charge >= 0.3 is 5.97 Å². The van der Waals surface area contributed by atoms with Gasteiger partial charge in [-0.2, -0.15) is 0 Å². The summed E-state index contributed by atoms with van der Waals surface area (Å²) in [4.78, 5) is 10.9. The molecule has 0 fully saturated rings. The molecule has 0 radical (unpaired) electrons. The van der Waals surface area contributed by atoms with Crippen LogP contribution in [0.5, 0.6) is 11.5 Å². The summed E-state index contributed by atoms with van der Waals surface area (Å²) in [6.45, 7) is 0.628. The molecule has 0 unspecified atom stereocenters. The standard InChI is InChI=1S/C15H15NO4/c16-14-12(15(17)18)7-4-8-13(14)20-10-9-19-11-5-2-1-3-6-11/h1-8H,9-10,16H2,(H,17,18). The molecule has 5 heteroatoms. The number of aromatic carboxylic acids is 1. The third-order valence-corrected chi connectivity index (χ3v) is 2.65. The minimum Gasteiger partial charge on any atom is -0.490 e. The Hall–Kier alpha value is -2.69. The molecule has 2 rings (SSSR count). The molecule has 0 aliphatic rings. The van der Waals surface area contributed by atoms with Gasteiger partial charge in [0, 0.05) is 0 Å². The van der Waals surface area contributed by atoms with Gasteiger partial charge in [0.1, 0.15) is 24.7 Å². The smallest absolute Gasteiger partial charge is 0.337 e. The number of carboxylic acids is 1. The SMILES string of the molecule is Nc1c(OCCOc2ccccc2)cccc1C(=O)O. The predicted molar refractivity (Wildman–Crippen MR) is 75.2 cm³/mol. The van der Waals surface area contributed by atoms with Crippen LogP contribution in [0.25, 0.3) is 0 Å². The van der Waals surface area contributed by atoms with Crippen LogP contribution in [-0.4, -0.2) is 24.3 Å². The molecule has 0 aliphatic carbocycles. The first-order valence-corrected chi connectivity index (χ1v) is 6.11.